The summed E-state index contributed by atoms with van der Waals surface area (Å²) in [6, 6.07) is 13.9. The summed E-state index contributed by atoms with van der Waals surface area (Å²) in [5, 5.41) is 10.3. The molecule has 0 radical (unpaired) electrons. The van der Waals surface area contributed by atoms with Gasteiger partial charge in [-0.05, 0) is 36.1 Å². The molecule has 3 N–H and O–H groups in total. The number of carboxylic acids is 1. The lowest BCUT2D eigenvalue weighted by atomic mass is 9.98. The van der Waals surface area contributed by atoms with Crippen molar-refractivity contribution >= 4 is 28.0 Å². The van der Waals surface area contributed by atoms with Gasteiger partial charge < -0.3 is 15.2 Å². The Labute approximate surface area is 185 Å². The molecule has 10 heteroatoms. The number of amides is 2. The summed E-state index contributed by atoms with van der Waals surface area (Å²) in [6.07, 6.45) is -1.82. The smallest absolute Gasteiger partial charge is 0.407 e. The van der Waals surface area contributed by atoms with Gasteiger partial charge in [-0.15, -0.1) is 0 Å². The molecule has 2 aromatic carbocycles. The van der Waals surface area contributed by atoms with Crippen molar-refractivity contribution in [2.45, 2.75) is 37.5 Å². The Bertz CT molecular complexity index is 1100. The lowest BCUT2D eigenvalue weighted by Gasteiger charge is -2.19. The molecule has 0 aliphatic heterocycles. The number of hydrogen-bond acceptors (Lipinski definition) is 6. The lowest BCUT2D eigenvalue weighted by Crippen LogP contribution is -2.50. The summed E-state index contributed by atoms with van der Waals surface area (Å²) in [4.78, 5) is 35.8. The molecule has 0 bridgehead atoms. The number of fused-ring (bicyclic) bond motifs is 3. The van der Waals surface area contributed by atoms with E-state index in [1.165, 1.54) is 13.8 Å². The Morgan fingerprint density at radius 2 is 1.53 bits per heavy atom. The van der Waals surface area contributed by atoms with Gasteiger partial charge in [-0.3, -0.25) is 14.3 Å². The highest BCUT2D eigenvalue weighted by molar-refractivity contribution is 7.90. The van der Waals surface area contributed by atoms with Crippen molar-refractivity contribution in [3.63, 3.8) is 0 Å². The second-order valence-electron chi connectivity index (χ2n) is 7.68. The second-order valence-corrected chi connectivity index (χ2v) is 9.92. The third kappa shape index (κ3) is 5.08. The summed E-state index contributed by atoms with van der Waals surface area (Å²) >= 11 is 0. The third-order valence-corrected chi connectivity index (χ3v) is 6.92. The number of sulfonamides is 1. The van der Waals surface area contributed by atoms with Crippen molar-refractivity contribution in [1.29, 1.82) is 0 Å². The number of carbonyl (C=O) groups is 3. The minimum atomic E-state index is -3.99. The van der Waals surface area contributed by atoms with Crippen LogP contribution < -0.4 is 10.0 Å². The maximum Gasteiger partial charge on any atom is 0.407 e. The molecule has 0 saturated carbocycles. The minimum absolute atomic E-state index is 0.0361. The summed E-state index contributed by atoms with van der Waals surface area (Å²) in [5.74, 6) is -2.75. The van der Waals surface area contributed by atoms with E-state index in [9.17, 15) is 22.8 Å². The first-order valence-electron chi connectivity index (χ1n) is 9.99. The number of nitrogens with one attached hydrogen (secondary N) is 2. The van der Waals surface area contributed by atoms with E-state index in [0.29, 0.717) is 0 Å². The average Bonchev–Trinajstić information content (AvgIpc) is 3.05. The zero-order valence-electron chi connectivity index (χ0n) is 17.6. The zero-order chi connectivity index (χ0) is 23.5. The number of carboxylic acid groups (broad SMARTS) is 1. The van der Waals surface area contributed by atoms with Crippen molar-refractivity contribution in [3.05, 3.63) is 59.7 Å². The van der Waals surface area contributed by atoms with E-state index in [1.807, 2.05) is 48.5 Å². The van der Waals surface area contributed by atoms with Gasteiger partial charge in [-0.1, -0.05) is 48.5 Å². The molecule has 2 amide bonds. The number of rotatable bonds is 8. The molecule has 0 aromatic heterocycles. The van der Waals surface area contributed by atoms with Crippen molar-refractivity contribution in [2.24, 2.45) is 0 Å². The van der Waals surface area contributed by atoms with Gasteiger partial charge in [-0.25, -0.2) is 13.2 Å². The Hall–Kier alpha value is -3.40. The van der Waals surface area contributed by atoms with Crippen molar-refractivity contribution in [2.75, 3.05) is 6.61 Å². The van der Waals surface area contributed by atoms with Gasteiger partial charge in [-0.2, -0.15) is 0 Å². The van der Waals surface area contributed by atoms with Crippen LogP contribution in [-0.4, -0.2) is 49.4 Å². The molecule has 1 aliphatic carbocycles. The number of benzene rings is 2. The molecule has 0 saturated heterocycles. The van der Waals surface area contributed by atoms with Gasteiger partial charge in [0.2, 0.25) is 10.0 Å². The molecule has 3 rings (SSSR count). The van der Waals surface area contributed by atoms with E-state index in [0.717, 1.165) is 22.3 Å². The first kappa shape index (κ1) is 23.3. The predicted molar refractivity (Wildman–Crippen MR) is 116 cm³/mol. The van der Waals surface area contributed by atoms with Crippen LogP contribution in [0.1, 0.15) is 37.3 Å². The van der Waals surface area contributed by atoms with Gasteiger partial charge in [0, 0.05) is 5.92 Å². The van der Waals surface area contributed by atoms with Crippen molar-refractivity contribution in [3.8, 4) is 11.1 Å². The largest absolute Gasteiger partial charge is 0.481 e. The van der Waals surface area contributed by atoms with Gasteiger partial charge in [0.15, 0.2) is 0 Å². The highest BCUT2D eigenvalue weighted by Gasteiger charge is 2.31. The fourth-order valence-electron chi connectivity index (χ4n) is 3.50. The molecule has 0 heterocycles. The second kappa shape index (κ2) is 9.39. The molecule has 1 aliphatic rings. The van der Waals surface area contributed by atoms with Crippen LogP contribution in [0.25, 0.3) is 11.1 Å². The zero-order valence-corrected chi connectivity index (χ0v) is 18.4. The molecular weight excluding hydrogens is 436 g/mol. The van der Waals surface area contributed by atoms with Crippen LogP contribution in [0.4, 0.5) is 4.79 Å². The SMILES string of the molecule is CC(C)S(=O)(=O)NC(=O)C(CC(=O)O)NC(=O)OCC1c2ccccc2-c2ccccc21. The van der Waals surface area contributed by atoms with E-state index in [1.54, 1.807) is 4.72 Å². The first-order chi connectivity index (χ1) is 15.1. The van der Waals surface area contributed by atoms with Crippen LogP contribution >= 0.6 is 0 Å². The molecule has 1 atom stereocenters. The molecule has 32 heavy (non-hydrogen) atoms. The van der Waals surface area contributed by atoms with Crippen LogP contribution in [-0.2, 0) is 24.3 Å². The molecule has 0 fully saturated rings. The van der Waals surface area contributed by atoms with Crippen LogP contribution in [0.2, 0.25) is 0 Å². The van der Waals surface area contributed by atoms with E-state index >= 15 is 0 Å². The Morgan fingerprint density at radius 3 is 2.03 bits per heavy atom. The van der Waals surface area contributed by atoms with E-state index in [4.69, 9.17) is 9.84 Å². The van der Waals surface area contributed by atoms with Crippen LogP contribution in [0.15, 0.2) is 48.5 Å². The number of aliphatic carboxylic acids is 1. The summed E-state index contributed by atoms with van der Waals surface area (Å²) in [5.41, 5.74) is 4.06. The van der Waals surface area contributed by atoms with E-state index < -0.39 is 45.7 Å². The fraction of sp³-hybridized carbons (Fsp3) is 0.318. The number of alkyl carbamates (subject to hydrolysis) is 1. The topological polar surface area (TPSA) is 139 Å². The molecule has 1 unspecified atom stereocenters. The standard InChI is InChI=1S/C22H24N2O7S/c1-13(2)32(29,30)24-21(27)19(11-20(25)26)23-22(28)31-12-18-16-9-5-3-7-14(16)15-8-4-6-10-17(15)18/h3-10,13,18-19H,11-12H2,1-2H3,(H,23,28)(H,24,27)(H,25,26). The number of ether oxygens (including phenoxy) is 1. The third-order valence-electron chi connectivity index (χ3n) is 5.19. The van der Waals surface area contributed by atoms with Crippen LogP contribution in [0.3, 0.4) is 0 Å². The normalized spacial score (nSPS) is 13.7. The molecule has 2 aromatic rings. The van der Waals surface area contributed by atoms with Gasteiger partial charge in [0.1, 0.15) is 12.6 Å². The van der Waals surface area contributed by atoms with Crippen LogP contribution in [0, 0.1) is 0 Å². The molecule has 0 spiro atoms. The summed E-state index contributed by atoms with van der Waals surface area (Å²) < 4.78 is 31.0. The van der Waals surface area contributed by atoms with Crippen molar-refractivity contribution in [1.82, 2.24) is 10.0 Å². The minimum Gasteiger partial charge on any atom is -0.481 e. The van der Waals surface area contributed by atoms with Gasteiger partial charge in [0.05, 0.1) is 11.7 Å². The number of hydrogen-bond donors (Lipinski definition) is 3. The maximum atomic E-state index is 12.4. The summed E-state index contributed by atoms with van der Waals surface area (Å²) in [7, 11) is -3.99. The summed E-state index contributed by atoms with van der Waals surface area (Å²) in [6.45, 7) is 2.69. The van der Waals surface area contributed by atoms with E-state index in [-0.39, 0.29) is 12.5 Å². The Kier molecular flexibility index (Phi) is 6.83. The lowest BCUT2D eigenvalue weighted by molar-refractivity contribution is -0.139. The molecule has 170 valence electrons. The molecular formula is C22H24N2O7S. The van der Waals surface area contributed by atoms with Gasteiger partial charge >= 0.3 is 12.1 Å². The monoisotopic (exact) mass is 460 g/mol. The Morgan fingerprint density at radius 1 is 1.00 bits per heavy atom. The Balaban J connectivity index is 1.69. The highest BCUT2D eigenvalue weighted by Crippen LogP contribution is 2.44. The first-order valence-corrected chi connectivity index (χ1v) is 11.5. The maximum absolute atomic E-state index is 12.4. The van der Waals surface area contributed by atoms with Gasteiger partial charge in [0.25, 0.3) is 5.91 Å². The van der Waals surface area contributed by atoms with E-state index in [2.05, 4.69) is 5.32 Å². The number of carbonyl (C=O) groups excluding carboxylic acids is 2. The predicted octanol–water partition coefficient (Wildman–Crippen LogP) is 2.22. The van der Waals surface area contributed by atoms with Crippen molar-refractivity contribution < 1.29 is 32.6 Å². The average molecular weight is 461 g/mol. The highest BCUT2D eigenvalue weighted by atomic mass is 32.2. The van der Waals surface area contributed by atoms with Crippen LogP contribution in [0.5, 0.6) is 0 Å². The molecule has 9 nitrogen and oxygen atoms in total. The fourth-order valence-corrected chi connectivity index (χ4v) is 4.15. The quantitative estimate of drug-likeness (QED) is 0.549.